The normalized spacial score (nSPS) is 11.0. The molecule has 0 aliphatic heterocycles. The SMILES string of the molecule is CCCCCCNc1nc(N)nc2sc(C)cc12. The number of hydrogen-bond donors (Lipinski definition) is 2. The van der Waals surface area contributed by atoms with Gasteiger partial charge in [0.25, 0.3) is 0 Å². The van der Waals surface area contributed by atoms with Crippen molar-refractivity contribution in [2.24, 2.45) is 0 Å². The summed E-state index contributed by atoms with van der Waals surface area (Å²) in [6.45, 7) is 5.24. The standard InChI is InChI=1S/C13H20N4S/c1-3-4-5-6-7-15-11-10-8-9(2)18-12(10)17-13(14)16-11/h8H,3-7H2,1-2H3,(H3,14,15,16,17). The summed E-state index contributed by atoms with van der Waals surface area (Å²) in [7, 11) is 0. The maximum Gasteiger partial charge on any atom is 0.223 e. The molecule has 0 unspecified atom stereocenters. The average Bonchev–Trinajstić information content (AvgIpc) is 2.69. The minimum absolute atomic E-state index is 0.348. The van der Waals surface area contributed by atoms with Gasteiger partial charge in [-0.3, -0.25) is 0 Å². The van der Waals surface area contributed by atoms with E-state index in [0.29, 0.717) is 5.95 Å². The Morgan fingerprint density at radius 3 is 2.89 bits per heavy atom. The van der Waals surface area contributed by atoms with Gasteiger partial charge in [0.2, 0.25) is 5.95 Å². The molecule has 0 saturated carbocycles. The summed E-state index contributed by atoms with van der Waals surface area (Å²) in [4.78, 5) is 10.8. The van der Waals surface area contributed by atoms with Gasteiger partial charge in [0, 0.05) is 11.4 Å². The smallest absolute Gasteiger partial charge is 0.223 e. The van der Waals surface area contributed by atoms with Crippen LogP contribution in [-0.2, 0) is 0 Å². The van der Waals surface area contributed by atoms with E-state index in [4.69, 9.17) is 5.73 Å². The molecule has 0 amide bonds. The number of aryl methyl sites for hydroxylation is 1. The molecule has 98 valence electrons. The lowest BCUT2D eigenvalue weighted by molar-refractivity contribution is 0.684. The van der Waals surface area contributed by atoms with Crippen LogP contribution in [0.4, 0.5) is 11.8 Å². The number of nitrogens with zero attached hydrogens (tertiary/aromatic N) is 2. The molecule has 0 saturated heterocycles. The molecule has 0 aliphatic rings. The third kappa shape index (κ3) is 3.10. The van der Waals surface area contributed by atoms with E-state index < -0.39 is 0 Å². The van der Waals surface area contributed by atoms with Gasteiger partial charge in [-0.1, -0.05) is 26.2 Å². The third-order valence-corrected chi connectivity index (χ3v) is 3.80. The molecular formula is C13H20N4S. The molecule has 0 aliphatic carbocycles. The zero-order valence-corrected chi connectivity index (χ0v) is 11.8. The van der Waals surface area contributed by atoms with Gasteiger partial charge in [-0.15, -0.1) is 11.3 Å². The van der Waals surface area contributed by atoms with Gasteiger partial charge in [-0.05, 0) is 19.4 Å². The van der Waals surface area contributed by atoms with Crippen molar-refractivity contribution < 1.29 is 0 Å². The third-order valence-electron chi connectivity index (χ3n) is 2.86. The van der Waals surface area contributed by atoms with E-state index in [1.165, 1.54) is 30.6 Å². The summed E-state index contributed by atoms with van der Waals surface area (Å²) >= 11 is 1.66. The molecule has 5 heteroatoms. The topological polar surface area (TPSA) is 63.8 Å². The first-order chi connectivity index (χ1) is 8.70. The largest absolute Gasteiger partial charge is 0.369 e. The molecule has 0 bridgehead atoms. The Bertz CT molecular complexity index is 521. The van der Waals surface area contributed by atoms with Crippen molar-refractivity contribution in [2.75, 3.05) is 17.6 Å². The van der Waals surface area contributed by atoms with E-state index in [0.717, 1.165) is 22.6 Å². The summed E-state index contributed by atoms with van der Waals surface area (Å²) < 4.78 is 0. The number of nitrogen functional groups attached to an aromatic ring is 1. The molecule has 0 atom stereocenters. The van der Waals surface area contributed by atoms with Crippen molar-refractivity contribution in [1.82, 2.24) is 9.97 Å². The maximum atomic E-state index is 5.73. The molecule has 0 aromatic carbocycles. The van der Waals surface area contributed by atoms with Crippen LogP contribution in [0.3, 0.4) is 0 Å². The second-order valence-corrected chi connectivity index (χ2v) is 5.73. The van der Waals surface area contributed by atoms with Gasteiger partial charge in [-0.25, -0.2) is 4.98 Å². The van der Waals surface area contributed by atoms with Gasteiger partial charge < -0.3 is 11.1 Å². The first-order valence-corrected chi connectivity index (χ1v) is 7.30. The Morgan fingerprint density at radius 1 is 1.28 bits per heavy atom. The number of thiophene rings is 1. The number of rotatable bonds is 6. The van der Waals surface area contributed by atoms with Crippen LogP contribution in [0.2, 0.25) is 0 Å². The van der Waals surface area contributed by atoms with Crippen LogP contribution in [0.25, 0.3) is 10.2 Å². The number of unbranched alkanes of at least 4 members (excludes halogenated alkanes) is 3. The summed E-state index contributed by atoms with van der Waals surface area (Å²) in [5, 5.41) is 4.46. The van der Waals surface area contributed by atoms with E-state index in [-0.39, 0.29) is 0 Å². The van der Waals surface area contributed by atoms with Crippen molar-refractivity contribution in [3.63, 3.8) is 0 Å². The zero-order valence-electron chi connectivity index (χ0n) is 11.0. The maximum absolute atomic E-state index is 5.73. The quantitative estimate of drug-likeness (QED) is 0.783. The Morgan fingerprint density at radius 2 is 2.11 bits per heavy atom. The van der Waals surface area contributed by atoms with Crippen LogP contribution in [0, 0.1) is 6.92 Å². The van der Waals surface area contributed by atoms with Crippen LogP contribution in [0.15, 0.2) is 6.07 Å². The minimum Gasteiger partial charge on any atom is -0.369 e. The van der Waals surface area contributed by atoms with Crippen molar-refractivity contribution in [1.29, 1.82) is 0 Å². The Labute approximate surface area is 112 Å². The van der Waals surface area contributed by atoms with Crippen LogP contribution in [0.1, 0.15) is 37.5 Å². The number of aromatic nitrogens is 2. The number of nitrogens with two attached hydrogens (primary N) is 1. The Balaban J connectivity index is 2.07. The fourth-order valence-electron chi connectivity index (χ4n) is 1.95. The first kappa shape index (κ1) is 13.1. The summed E-state index contributed by atoms with van der Waals surface area (Å²) in [6, 6.07) is 2.12. The lowest BCUT2D eigenvalue weighted by atomic mass is 10.2. The Kier molecular flexibility index (Phi) is 4.36. The van der Waals surface area contributed by atoms with Gasteiger partial charge in [0.1, 0.15) is 10.6 Å². The van der Waals surface area contributed by atoms with Crippen LogP contribution in [0.5, 0.6) is 0 Å². The summed E-state index contributed by atoms with van der Waals surface area (Å²) in [6.07, 6.45) is 4.98. The molecule has 0 spiro atoms. The van der Waals surface area contributed by atoms with E-state index in [1.807, 2.05) is 0 Å². The fraction of sp³-hybridized carbons (Fsp3) is 0.538. The number of hydrogen-bond acceptors (Lipinski definition) is 5. The van der Waals surface area contributed by atoms with Gasteiger partial charge in [-0.2, -0.15) is 4.98 Å². The summed E-state index contributed by atoms with van der Waals surface area (Å²) in [5.41, 5.74) is 5.73. The number of anilines is 2. The lowest BCUT2D eigenvalue weighted by Crippen LogP contribution is -2.06. The lowest BCUT2D eigenvalue weighted by Gasteiger charge is -2.06. The number of fused-ring (bicyclic) bond motifs is 1. The second-order valence-electron chi connectivity index (χ2n) is 4.49. The van der Waals surface area contributed by atoms with Gasteiger partial charge >= 0.3 is 0 Å². The molecule has 0 fully saturated rings. The molecule has 4 nitrogen and oxygen atoms in total. The highest BCUT2D eigenvalue weighted by Crippen LogP contribution is 2.28. The highest BCUT2D eigenvalue weighted by molar-refractivity contribution is 7.18. The second kappa shape index (κ2) is 6.00. The highest BCUT2D eigenvalue weighted by Gasteiger charge is 2.08. The van der Waals surface area contributed by atoms with Crippen LogP contribution >= 0.6 is 11.3 Å². The molecule has 18 heavy (non-hydrogen) atoms. The molecule has 3 N–H and O–H groups in total. The molecule has 0 radical (unpaired) electrons. The molecule has 2 heterocycles. The summed E-state index contributed by atoms with van der Waals surface area (Å²) in [5.74, 6) is 1.22. The highest BCUT2D eigenvalue weighted by atomic mass is 32.1. The van der Waals surface area contributed by atoms with Crippen molar-refractivity contribution in [3.8, 4) is 0 Å². The van der Waals surface area contributed by atoms with Crippen molar-refractivity contribution in [2.45, 2.75) is 39.5 Å². The van der Waals surface area contributed by atoms with Crippen LogP contribution in [-0.4, -0.2) is 16.5 Å². The van der Waals surface area contributed by atoms with E-state index in [9.17, 15) is 0 Å². The molecule has 2 aromatic rings. The predicted molar refractivity (Wildman–Crippen MR) is 79.2 cm³/mol. The molecule has 2 rings (SSSR count). The zero-order chi connectivity index (χ0) is 13.0. The predicted octanol–water partition coefficient (Wildman–Crippen LogP) is 3.57. The van der Waals surface area contributed by atoms with Crippen LogP contribution < -0.4 is 11.1 Å². The van der Waals surface area contributed by atoms with E-state index in [1.54, 1.807) is 11.3 Å². The van der Waals surface area contributed by atoms with Gasteiger partial charge in [0.15, 0.2) is 0 Å². The number of nitrogens with one attached hydrogen (secondary N) is 1. The van der Waals surface area contributed by atoms with Crippen molar-refractivity contribution in [3.05, 3.63) is 10.9 Å². The Hall–Kier alpha value is -1.36. The molecule has 2 aromatic heterocycles. The van der Waals surface area contributed by atoms with E-state index >= 15 is 0 Å². The van der Waals surface area contributed by atoms with Crippen molar-refractivity contribution >= 4 is 33.3 Å². The monoisotopic (exact) mass is 264 g/mol. The van der Waals surface area contributed by atoms with E-state index in [2.05, 4.69) is 35.2 Å². The van der Waals surface area contributed by atoms with Gasteiger partial charge in [0.05, 0.1) is 5.39 Å². The average molecular weight is 264 g/mol. The first-order valence-electron chi connectivity index (χ1n) is 6.48. The molecular weight excluding hydrogens is 244 g/mol. The fourth-order valence-corrected chi connectivity index (χ4v) is 2.84. The minimum atomic E-state index is 0.348.